The molecule has 17 heavy (non-hydrogen) atoms. The SMILES string of the molecule is O=C(c1ccncn1)C1CCc2cccnc21. The first-order valence-corrected chi connectivity index (χ1v) is 5.60. The van der Waals surface area contributed by atoms with Crippen LogP contribution in [-0.4, -0.2) is 20.7 Å². The van der Waals surface area contributed by atoms with E-state index in [0.717, 1.165) is 18.5 Å². The number of Topliss-reactive ketones (excluding diaryl/α,β-unsaturated/α-hetero) is 1. The van der Waals surface area contributed by atoms with Gasteiger partial charge in [-0.15, -0.1) is 0 Å². The summed E-state index contributed by atoms with van der Waals surface area (Å²) in [5, 5.41) is 0. The maximum atomic E-state index is 12.3. The largest absolute Gasteiger partial charge is 0.292 e. The van der Waals surface area contributed by atoms with Crippen LogP contribution in [0.4, 0.5) is 0 Å². The van der Waals surface area contributed by atoms with E-state index in [9.17, 15) is 4.79 Å². The third-order valence-electron chi connectivity index (χ3n) is 3.11. The summed E-state index contributed by atoms with van der Waals surface area (Å²) in [7, 11) is 0. The van der Waals surface area contributed by atoms with Gasteiger partial charge in [0.1, 0.15) is 12.0 Å². The smallest absolute Gasteiger partial charge is 0.190 e. The third-order valence-corrected chi connectivity index (χ3v) is 3.11. The molecule has 0 bridgehead atoms. The van der Waals surface area contributed by atoms with Crippen LogP contribution >= 0.6 is 0 Å². The molecule has 0 spiro atoms. The highest BCUT2D eigenvalue weighted by atomic mass is 16.1. The second-order valence-electron chi connectivity index (χ2n) is 4.10. The van der Waals surface area contributed by atoms with Gasteiger partial charge >= 0.3 is 0 Å². The molecule has 3 rings (SSSR count). The Morgan fingerprint density at radius 1 is 1.24 bits per heavy atom. The summed E-state index contributed by atoms with van der Waals surface area (Å²) < 4.78 is 0. The van der Waals surface area contributed by atoms with E-state index in [2.05, 4.69) is 15.0 Å². The molecule has 4 heteroatoms. The molecule has 0 saturated heterocycles. The van der Waals surface area contributed by atoms with E-state index in [-0.39, 0.29) is 11.7 Å². The lowest BCUT2D eigenvalue weighted by atomic mass is 9.99. The Bertz CT molecular complexity index is 554. The summed E-state index contributed by atoms with van der Waals surface area (Å²) in [5.41, 5.74) is 2.57. The summed E-state index contributed by atoms with van der Waals surface area (Å²) in [6, 6.07) is 5.61. The zero-order chi connectivity index (χ0) is 11.7. The number of aromatic nitrogens is 3. The standard InChI is InChI=1S/C13H11N3O/c17-13(11-5-7-14-8-16-11)10-4-3-9-2-1-6-15-12(9)10/h1-2,5-8,10H,3-4H2. The van der Waals surface area contributed by atoms with Crippen LogP contribution in [0.3, 0.4) is 0 Å². The van der Waals surface area contributed by atoms with Crippen molar-refractivity contribution in [2.45, 2.75) is 18.8 Å². The molecule has 0 saturated carbocycles. The van der Waals surface area contributed by atoms with E-state index in [1.807, 2.05) is 12.1 Å². The number of ketones is 1. The molecule has 2 aromatic rings. The minimum absolute atomic E-state index is 0.0462. The Morgan fingerprint density at radius 3 is 3.00 bits per heavy atom. The van der Waals surface area contributed by atoms with Crippen LogP contribution in [0.5, 0.6) is 0 Å². The van der Waals surface area contributed by atoms with E-state index >= 15 is 0 Å². The fourth-order valence-corrected chi connectivity index (χ4v) is 2.28. The Labute approximate surface area is 98.8 Å². The van der Waals surface area contributed by atoms with E-state index < -0.39 is 0 Å². The average Bonchev–Trinajstić information content (AvgIpc) is 2.83. The number of carbonyl (C=O) groups excluding carboxylic acids is 1. The molecular weight excluding hydrogens is 214 g/mol. The molecule has 2 heterocycles. The van der Waals surface area contributed by atoms with Crippen LogP contribution in [0, 0.1) is 0 Å². The van der Waals surface area contributed by atoms with Gasteiger partial charge in [-0.1, -0.05) is 6.07 Å². The monoisotopic (exact) mass is 225 g/mol. The lowest BCUT2D eigenvalue weighted by Gasteiger charge is -2.08. The molecular formula is C13H11N3O. The van der Waals surface area contributed by atoms with E-state index in [4.69, 9.17) is 0 Å². The van der Waals surface area contributed by atoms with Crippen molar-refractivity contribution in [1.82, 2.24) is 15.0 Å². The van der Waals surface area contributed by atoms with Crippen LogP contribution in [0.15, 0.2) is 36.9 Å². The van der Waals surface area contributed by atoms with Crippen molar-refractivity contribution in [3.8, 4) is 0 Å². The second-order valence-corrected chi connectivity index (χ2v) is 4.10. The normalized spacial score (nSPS) is 17.8. The number of hydrogen-bond donors (Lipinski definition) is 0. The lowest BCUT2D eigenvalue weighted by molar-refractivity contribution is 0.0953. The second kappa shape index (κ2) is 4.05. The van der Waals surface area contributed by atoms with E-state index in [1.54, 1.807) is 18.5 Å². The van der Waals surface area contributed by atoms with Crippen molar-refractivity contribution in [3.63, 3.8) is 0 Å². The molecule has 84 valence electrons. The third kappa shape index (κ3) is 1.71. The number of fused-ring (bicyclic) bond motifs is 1. The van der Waals surface area contributed by atoms with Gasteiger partial charge in [0.05, 0.1) is 11.6 Å². The maximum Gasteiger partial charge on any atom is 0.190 e. The molecule has 1 aliphatic rings. The fourth-order valence-electron chi connectivity index (χ4n) is 2.28. The van der Waals surface area contributed by atoms with Gasteiger partial charge in [0.15, 0.2) is 5.78 Å². The first-order chi connectivity index (χ1) is 8.36. The number of carbonyl (C=O) groups is 1. The Balaban J connectivity index is 1.95. The van der Waals surface area contributed by atoms with Gasteiger partial charge in [-0.05, 0) is 30.5 Å². The number of rotatable bonds is 2. The van der Waals surface area contributed by atoms with Crippen LogP contribution in [0.25, 0.3) is 0 Å². The zero-order valence-corrected chi connectivity index (χ0v) is 9.21. The molecule has 0 amide bonds. The van der Waals surface area contributed by atoms with Crippen molar-refractivity contribution < 1.29 is 4.79 Å². The van der Waals surface area contributed by atoms with Gasteiger partial charge < -0.3 is 0 Å². The van der Waals surface area contributed by atoms with E-state index in [1.165, 1.54) is 11.9 Å². The number of aryl methyl sites for hydroxylation is 1. The molecule has 0 N–H and O–H groups in total. The predicted molar refractivity (Wildman–Crippen MR) is 61.7 cm³/mol. The molecule has 0 radical (unpaired) electrons. The summed E-state index contributed by atoms with van der Waals surface area (Å²) in [4.78, 5) is 24.4. The summed E-state index contributed by atoms with van der Waals surface area (Å²) >= 11 is 0. The molecule has 1 atom stereocenters. The number of nitrogens with zero attached hydrogens (tertiary/aromatic N) is 3. The van der Waals surface area contributed by atoms with Crippen molar-refractivity contribution in [2.75, 3.05) is 0 Å². The summed E-state index contributed by atoms with van der Waals surface area (Å²) in [6.07, 6.45) is 6.49. The van der Waals surface area contributed by atoms with Gasteiger partial charge in [0.2, 0.25) is 0 Å². The Hall–Kier alpha value is -2.10. The van der Waals surface area contributed by atoms with Gasteiger partial charge in [-0.3, -0.25) is 9.78 Å². The molecule has 1 aliphatic carbocycles. The lowest BCUT2D eigenvalue weighted by Crippen LogP contribution is -2.12. The minimum Gasteiger partial charge on any atom is -0.292 e. The molecule has 0 fully saturated rings. The first-order valence-electron chi connectivity index (χ1n) is 5.60. The van der Waals surface area contributed by atoms with Crippen molar-refractivity contribution in [2.24, 2.45) is 0 Å². The fraction of sp³-hybridized carbons (Fsp3) is 0.231. The van der Waals surface area contributed by atoms with Crippen molar-refractivity contribution in [3.05, 3.63) is 53.9 Å². The topological polar surface area (TPSA) is 55.7 Å². The Morgan fingerprint density at radius 2 is 2.18 bits per heavy atom. The van der Waals surface area contributed by atoms with Crippen LogP contribution in [0.2, 0.25) is 0 Å². The summed E-state index contributed by atoms with van der Waals surface area (Å²) in [6.45, 7) is 0. The van der Waals surface area contributed by atoms with Gasteiger partial charge in [-0.2, -0.15) is 0 Å². The molecule has 4 nitrogen and oxygen atoms in total. The zero-order valence-electron chi connectivity index (χ0n) is 9.21. The maximum absolute atomic E-state index is 12.3. The van der Waals surface area contributed by atoms with Gasteiger partial charge in [0.25, 0.3) is 0 Å². The van der Waals surface area contributed by atoms with E-state index in [0.29, 0.717) is 5.69 Å². The molecule has 2 aromatic heterocycles. The van der Waals surface area contributed by atoms with Gasteiger partial charge in [0, 0.05) is 12.4 Å². The highest BCUT2D eigenvalue weighted by Crippen LogP contribution is 2.33. The average molecular weight is 225 g/mol. The van der Waals surface area contributed by atoms with Crippen LogP contribution in [-0.2, 0) is 6.42 Å². The molecule has 0 aliphatic heterocycles. The van der Waals surface area contributed by atoms with Crippen molar-refractivity contribution in [1.29, 1.82) is 0 Å². The van der Waals surface area contributed by atoms with Crippen molar-refractivity contribution >= 4 is 5.78 Å². The first kappa shape index (κ1) is 10.1. The van der Waals surface area contributed by atoms with Crippen LogP contribution in [0.1, 0.15) is 34.1 Å². The Kier molecular flexibility index (Phi) is 2.40. The molecule has 1 unspecified atom stereocenters. The summed E-state index contributed by atoms with van der Waals surface area (Å²) in [5.74, 6) is -0.0917. The highest BCUT2D eigenvalue weighted by Gasteiger charge is 2.30. The highest BCUT2D eigenvalue weighted by molar-refractivity contribution is 5.99. The number of pyridine rings is 1. The number of hydrogen-bond acceptors (Lipinski definition) is 4. The molecule has 0 aromatic carbocycles. The quantitative estimate of drug-likeness (QED) is 0.731. The van der Waals surface area contributed by atoms with Crippen LogP contribution < -0.4 is 0 Å². The van der Waals surface area contributed by atoms with Gasteiger partial charge in [-0.25, -0.2) is 9.97 Å². The minimum atomic E-state index is -0.138. The predicted octanol–water partition coefficient (Wildman–Crippen LogP) is 1.78.